The third-order valence-electron chi connectivity index (χ3n) is 6.76. The van der Waals surface area contributed by atoms with Crippen molar-refractivity contribution in [2.24, 2.45) is 0 Å². The summed E-state index contributed by atoms with van der Waals surface area (Å²) in [4.78, 5) is 19.6. The minimum Gasteiger partial charge on any atom is -0.390 e. The summed E-state index contributed by atoms with van der Waals surface area (Å²) in [5.41, 5.74) is 1.89. The van der Waals surface area contributed by atoms with Crippen LogP contribution in [0.5, 0.6) is 0 Å². The van der Waals surface area contributed by atoms with Gasteiger partial charge in [-0.15, -0.1) is 0 Å². The van der Waals surface area contributed by atoms with E-state index in [0.29, 0.717) is 35.8 Å². The SMILES string of the molecule is O=C(c1ccc(Cl)cc1)N1CC(O)C(N2CC3CC2CN3Cc2ccc(Cl)cc2)C1. The number of β-amino-alcohol motifs (C(OH)–C–C–N with tert-alkyl or cyclic N) is 1. The summed E-state index contributed by atoms with van der Waals surface area (Å²) < 4.78 is 0. The molecule has 0 spiro atoms. The number of amides is 1. The molecule has 1 amide bonds. The number of nitrogens with zero attached hydrogens (tertiary/aromatic N) is 3. The molecule has 30 heavy (non-hydrogen) atoms. The number of carbonyl (C=O) groups is 1. The Balaban J connectivity index is 1.21. The second-order valence-electron chi connectivity index (χ2n) is 8.65. The molecule has 0 saturated carbocycles. The Bertz CT molecular complexity index is 921. The zero-order valence-electron chi connectivity index (χ0n) is 16.6. The Morgan fingerprint density at radius 1 is 0.900 bits per heavy atom. The molecule has 2 bridgehead atoms. The van der Waals surface area contributed by atoms with E-state index in [1.807, 2.05) is 12.1 Å². The third kappa shape index (κ3) is 3.85. The van der Waals surface area contributed by atoms with Gasteiger partial charge in [0.25, 0.3) is 5.91 Å². The molecule has 2 aromatic carbocycles. The first-order valence-corrected chi connectivity index (χ1v) is 11.2. The Morgan fingerprint density at radius 2 is 1.57 bits per heavy atom. The molecule has 3 aliphatic heterocycles. The highest BCUT2D eigenvalue weighted by atomic mass is 35.5. The maximum Gasteiger partial charge on any atom is 0.253 e. The second-order valence-corrected chi connectivity index (χ2v) is 9.52. The molecule has 7 heteroatoms. The van der Waals surface area contributed by atoms with Gasteiger partial charge in [-0.1, -0.05) is 35.3 Å². The molecule has 3 fully saturated rings. The molecule has 158 valence electrons. The first-order chi connectivity index (χ1) is 14.5. The zero-order valence-corrected chi connectivity index (χ0v) is 18.1. The van der Waals surface area contributed by atoms with E-state index in [0.717, 1.165) is 31.1 Å². The Labute approximate surface area is 186 Å². The van der Waals surface area contributed by atoms with Gasteiger partial charge in [0.2, 0.25) is 0 Å². The van der Waals surface area contributed by atoms with Gasteiger partial charge >= 0.3 is 0 Å². The first kappa shape index (κ1) is 20.3. The van der Waals surface area contributed by atoms with Crippen LogP contribution >= 0.6 is 23.2 Å². The summed E-state index contributed by atoms with van der Waals surface area (Å²) in [7, 11) is 0. The number of benzene rings is 2. The van der Waals surface area contributed by atoms with Crippen LogP contribution in [0.25, 0.3) is 0 Å². The smallest absolute Gasteiger partial charge is 0.253 e. The molecule has 0 aliphatic carbocycles. The van der Waals surface area contributed by atoms with Crippen LogP contribution in [0.2, 0.25) is 10.0 Å². The van der Waals surface area contributed by atoms with Crippen LogP contribution in [0.15, 0.2) is 48.5 Å². The van der Waals surface area contributed by atoms with Crippen molar-refractivity contribution in [1.29, 1.82) is 0 Å². The number of likely N-dealkylation sites (tertiary alicyclic amines) is 3. The number of aliphatic hydroxyl groups excluding tert-OH is 1. The number of aliphatic hydroxyl groups is 1. The fourth-order valence-electron chi connectivity index (χ4n) is 5.24. The fraction of sp³-hybridized carbons (Fsp3) is 0.435. The van der Waals surface area contributed by atoms with Crippen LogP contribution < -0.4 is 0 Å². The number of rotatable bonds is 4. The normalized spacial score (nSPS) is 29.1. The highest BCUT2D eigenvalue weighted by Crippen LogP contribution is 2.35. The maximum absolute atomic E-state index is 12.8. The summed E-state index contributed by atoms with van der Waals surface area (Å²) in [5, 5.41) is 12.1. The molecule has 3 aliphatic rings. The van der Waals surface area contributed by atoms with Crippen molar-refractivity contribution < 1.29 is 9.90 Å². The summed E-state index contributed by atoms with van der Waals surface area (Å²) >= 11 is 11.9. The topological polar surface area (TPSA) is 47.0 Å². The van der Waals surface area contributed by atoms with E-state index in [9.17, 15) is 9.90 Å². The minimum atomic E-state index is -0.509. The van der Waals surface area contributed by atoms with Gasteiger partial charge < -0.3 is 10.0 Å². The number of piperazine rings is 1. The minimum absolute atomic E-state index is 0.00827. The van der Waals surface area contributed by atoms with E-state index in [-0.39, 0.29) is 11.9 Å². The number of carbonyl (C=O) groups excluding carboxylic acids is 1. The molecule has 5 rings (SSSR count). The van der Waals surface area contributed by atoms with Crippen LogP contribution in [0.4, 0.5) is 0 Å². The molecule has 3 saturated heterocycles. The van der Waals surface area contributed by atoms with Crippen molar-refractivity contribution in [3.05, 3.63) is 69.7 Å². The first-order valence-electron chi connectivity index (χ1n) is 10.4. The van der Waals surface area contributed by atoms with E-state index in [1.54, 1.807) is 29.2 Å². The lowest BCUT2D eigenvalue weighted by Gasteiger charge is -2.38. The van der Waals surface area contributed by atoms with Crippen LogP contribution in [-0.4, -0.2) is 76.1 Å². The largest absolute Gasteiger partial charge is 0.390 e. The number of halogens is 2. The highest BCUT2D eigenvalue weighted by Gasteiger charge is 2.49. The van der Waals surface area contributed by atoms with Crippen LogP contribution in [-0.2, 0) is 6.54 Å². The predicted octanol–water partition coefficient (Wildman–Crippen LogP) is 3.14. The van der Waals surface area contributed by atoms with Crippen molar-refractivity contribution in [1.82, 2.24) is 14.7 Å². The molecule has 5 nitrogen and oxygen atoms in total. The second kappa shape index (κ2) is 8.13. The van der Waals surface area contributed by atoms with Crippen LogP contribution in [0.3, 0.4) is 0 Å². The predicted molar refractivity (Wildman–Crippen MR) is 118 cm³/mol. The Kier molecular flexibility index (Phi) is 5.50. The van der Waals surface area contributed by atoms with Gasteiger partial charge in [-0.2, -0.15) is 0 Å². The highest BCUT2D eigenvalue weighted by molar-refractivity contribution is 6.30. The molecule has 3 heterocycles. The number of hydrogen-bond acceptors (Lipinski definition) is 4. The molecule has 0 aromatic heterocycles. The van der Waals surface area contributed by atoms with E-state index in [1.165, 1.54) is 5.56 Å². The van der Waals surface area contributed by atoms with Gasteiger partial charge in [-0.05, 0) is 48.4 Å². The molecule has 1 N–H and O–H groups in total. The lowest BCUT2D eigenvalue weighted by Crippen LogP contribution is -2.53. The Morgan fingerprint density at radius 3 is 2.20 bits per heavy atom. The monoisotopic (exact) mass is 445 g/mol. The maximum atomic E-state index is 12.8. The number of hydrogen-bond donors (Lipinski definition) is 1. The van der Waals surface area contributed by atoms with Crippen LogP contribution in [0.1, 0.15) is 22.3 Å². The zero-order chi connectivity index (χ0) is 20.8. The van der Waals surface area contributed by atoms with Crippen molar-refractivity contribution >= 4 is 29.1 Å². The summed E-state index contributed by atoms with van der Waals surface area (Å²) in [5.74, 6) is -0.0399. The summed E-state index contributed by atoms with van der Waals surface area (Å²) in [6.07, 6.45) is 0.618. The van der Waals surface area contributed by atoms with Gasteiger partial charge in [0.1, 0.15) is 0 Å². The molecular formula is C23H25Cl2N3O2. The quantitative estimate of drug-likeness (QED) is 0.784. The number of fused-ring (bicyclic) bond motifs is 2. The summed E-state index contributed by atoms with van der Waals surface area (Å²) in [6, 6.07) is 16.0. The van der Waals surface area contributed by atoms with Gasteiger partial charge in [-0.25, -0.2) is 0 Å². The lowest BCUT2D eigenvalue weighted by molar-refractivity contribution is 0.0387. The van der Waals surface area contributed by atoms with E-state index in [2.05, 4.69) is 21.9 Å². The van der Waals surface area contributed by atoms with Gasteiger partial charge in [0, 0.05) is 60.4 Å². The molecule has 4 unspecified atom stereocenters. The molecule has 2 aromatic rings. The fourth-order valence-corrected chi connectivity index (χ4v) is 5.49. The van der Waals surface area contributed by atoms with Crippen molar-refractivity contribution in [2.75, 3.05) is 26.2 Å². The van der Waals surface area contributed by atoms with Crippen molar-refractivity contribution in [2.45, 2.75) is 37.2 Å². The van der Waals surface area contributed by atoms with Gasteiger partial charge in [0.05, 0.1) is 12.1 Å². The van der Waals surface area contributed by atoms with Crippen LogP contribution in [0, 0.1) is 0 Å². The molecule has 0 radical (unpaired) electrons. The average Bonchev–Trinajstić information content (AvgIpc) is 3.43. The van der Waals surface area contributed by atoms with E-state index in [4.69, 9.17) is 23.2 Å². The lowest BCUT2D eigenvalue weighted by atomic mass is 10.1. The Hall–Kier alpha value is -1.63. The average molecular weight is 446 g/mol. The van der Waals surface area contributed by atoms with E-state index < -0.39 is 6.10 Å². The molecule has 4 atom stereocenters. The summed E-state index contributed by atoms with van der Waals surface area (Å²) in [6.45, 7) is 3.84. The van der Waals surface area contributed by atoms with Gasteiger partial charge in [-0.3, -0.25) is 14.6 Å². The van der Waals surface area contributed by atoms with Crippen molar-refractivity contribution in [3.8, 4) is 0 Å². The standard InChI is InChI=1S/C23H25Cl2N3O2/c24-17-5-1-15(2-6-17)10-26-11-20-9-19(26)12-28(20)21-13-27(14-22(21)29)23(30)16-3-7-18(25)8-4-16/h1-8,19-22,29H,9-14H2. The third-order valence-corrected chi connectivity index (χ3v) is 7.26. The van der Waals surface area contributed by atoms with Gasteiger partial charge in [0.15, 0.2) is 0 Å². The van der Waals surface area contributed by atoms with E-state index >= 15 is 0 Å². The molecular weight excluding hydrogens is 421 g/mol. The van der Waals surface area contributed by atoms with Crippen molar-refractivity contribution in [3.63, 3.8) is 0 Å².